The number of hydrogen-bond acceptors (Lipinski definition) is 7. The summed E-state index contributed by atoms with van der Waals surface area (Å²) in [4.78, 5) is 33.9. The van der Waals surface area contributed by atoms with Gasteiger partial charge >= 0.3 is 5.97 Å². The average Bonchev–Trinajstić information content (AvgIpc) is 3.21. The maximum atomic E-state index is 13.1. The van der Waals surface area contributed by atoms with Crippen LogP contribution in [-0.4, -0.2) is 54.6 Å². The van der Waals surface area contributed by atoms with Gasteiger partial charge < -0.3 is 14.4 Å². The molecule has 1 aromatic heterocycles. The van der Waals surface area contributed by atoms with Crippen molar-refractivity contribution in [3.63, 3.8) is 0 Å². The lowest BCUT2D eigenvalue weighted by Gasteiger charge is -2.35. The number of rotatable bonds is 12. The molecule has 0 aliphatic heterocycles. The molecule has 0 spiro atoms. The molecule has 1 amide bonds. The van der Waals surface area contributed by atoms with E-state index in [2.05, 4.69) is 15.0 Å². The summed E-state index contributed by atoms with van der Waals surface area (Å²) in [7, 11) is 3.31. The second kappa shape index (κ2) is 12.5. The minimum Gasteiger partial charge on any atom is -0.461 e. The van der Waals surface area contributed by atoms with E-state index >= 15 is 0 Å². The van der Waals surface area contributed by atoms with Crippen molar-refractivity contribution >= 4 is 23.2 Å². The van der Waals surface area contributed by atoms with Gasteiger partial charge in [0.05, 0.1) is 6.61 Å². The zero-order chi connectivity index (χ0) is 22.8. The SMILES string of the molecule is CCOC(=O)c1csc([C@@H](C[C@H](C(C)C)N(C)C(=O)[C@@H](N=[N+]=[N-])[C@@H](C)CC)OC)n1. The first-order valence-corrected chi connectivity index (χ1v) is 11.1. The number of carbonyl (C=O) groups excluding carboxylic acids is 2. The van der Waals surface area contributed by atoms with E-state index in [1.165, 1.54) is 11.3 Å². The number of esters is 1. The van der Waals surface area contributed by atoms with Crippen LogP contribution in [0.2, 0.25) is 0 Å². The highest BCUT2D eigenvalue weighted by Gasteiger charge is 2.33. The molecule has 4 atom stereocenters. The molecule has 0 aliphatic carbocycles. The lowest BCUT2D eigenvalue weighted by molar-refractivity contribution is -0.136. The average molecular weight is 440 g/mol. The van der Waals surface area contributed by atoms with Crippen LogP contribution in [-0.2, 0) is 14.3 Å². The van der Waals surface area contributed by atoms with Gasteiger partial charge in [-0.05, 0) is 24.3 Å². The molecule has 0 bridgehead atoms. The van der Waals surface area contributed by atoms with E-state index in [1.807, 2.05) is 27.7 Å². The smallest absolute Gasteiger partial charge is 0.357 e. The second-order valence-corrected chi connectivity index (χ2v) is 8.44. The largest absolute Gasteiger partial charge is 0.461 e. The lowest BCUT2D eigenvalue weighted by atomic mass is 9.93. The van der Waals surface area contributed by atoms with E-state index in [9.17, 15) is 9.59 Å². The van der Waals surface area contributed by atoms with Crippen LogP contribution in [0, 0.1) is 11.8 Å². The number of methoxy groups -OCH3 is 1. The summed E-state index contributed by atoms with van der Waals surface area (Å²) in [6.45, 7) is 9.94. The molecule has 0 aliphatic rings. The van der Waals surface area contributed by atoms with Crippen molar-refractivity contribution in [1.82, 2.24) is 9.88 Å². The Morgan fingerprint density at radius 3 is 2.50 bits per heavy atom. The fourth-order valence-electron chi connectivity index (χ4n) is 3.19. The number of thiazole rings is 1. The van der Waals surface area contributed by atoms with Crippen LogP contribution in [0.1, 0.15) is 69.1 Å². The molecular weight excluding hydrogens is 406 g/mol. The van der Waals surface area contributed by atoms with E-state index in [4.69, 9.17) is 15.0 Å². The van der Waals surface area contributed by atoms with Crippen molar-refractivity contribution in [2.45, 2.75) is 65.6 Å². The third kappa shape index (κ3) is 6.68. The topological polar surface area (TPSA) is 117 Å². The minimum atomic E-state index is -0.748. The number of hydrogen-bond donors (Lipinski definition) is 0. The Bertz CT molecular complexity index is 747. The summed E-state index contributed by atoms with van der Waals surface area (Å²) < 4.78 is 10.7. The van der Waals surface area contributed by atoms with Crippen molar-refractivity contribution in [2.24, 2.45) is 17.0 Å². The van der Waals surface area contributed by atoms with Gasteiger partial charge in [-0.3, -0.25) is 4.79 Å². The molecule has 0 unspecified atom stereocenters. The summed E-state index contributed by atoms with van der Waals surface area (Å²) in [6.07, 6.45) is 0.837. The maximum Gasteiger partial charge on any atom is 0.357 e. The molecule has 0 fully saturated rings. The highest BCUT2D eigenvalue weighted by Crippen LogP contribution is 2.30. The van der Waals surface area contributed by atoms with Crippen molar-refractivity contribution in [3.05, 3.63) is 26.5 Å². The first-order chi connectivity index (χ1) is 14.2. The number of azide groups is 1. The molecule has 0 aromatic carbocycles. The highest BCUT2D eigenvalue weighted by molar-refractivity contribution is 7.09. The normalized spacial score (nSPS) is 15.1. The van der Waals surface area contributed by atoms with Crippen molar-refractivity contribution in [2.75, 3.05) is 20.8 Å². The Hall–Kier alpha value is -2.16. The molecule has 9 nitrogen and oxygen atoms in total. The monoisotopic (exact) mass is 439 g/mol. The van der Waals surface area contributed by atoms with Gasteiger partial charge in [-0.15, -0.1) is 11.3 Å². The van der Waals surface area contributed by atoms with Gasteiger partial charge in [-0.1, -0.05) is 39.2 Å². The molecule has 0 saturated carbocycles. The molecule has 10 heteroatoms. The first-order valence-electron chi connectivity index (χ1n) is 10.2. The van der Waals surface area contributed by atoms with Crippen LogP contribution in [0.15, 0.2) is 10.5 Å². The van der Waals surface area contributed by atoms with Crippen LogP contribution in [0.3, 0.4) is 0 Å². The van der Waals surface area contributed by atoms with Gasteiger partial charge in [0.2, 0.25) is 5.91 Å². The summed E-state index contributed by atoms with van der Waals surface area (Å²) in [5, 5.41) is 6.06. The van der Waals surface area contributed by atoms with Gasteiger partial charge in [0.1, 0.15) is 17.2 Å². The van der Waals surface area contributed by atoms with Gasteiger partial charge in [-0.2, -0.15) is 0 Å². The summed E-state index contributed by atoms with van der Waals surface area (Å²) in [6, 6.07) is -0.916. The molecule has 1 rings (SSSR count). The van der Waals surface area contributed by atoms with E-state index in [1.54, 1.807) is 31.4 Å². The van der Waals surface area contributed by atoms with E-state index in [0.29, 0.717) is 11.4 Å². The molecule has 30 heavy (non-hydrogen) atoms. The number of ether oxygens (including phenoxy) is 2. The van der Waals surface area contributed by atoms with E-state index < -0.39 is 12.0 Å². The van der Waals surface area contributed by atoms with Crippen LogP contribution < -0.4 is 0 Å². The number of carbonyl (C=O) groups is 2. The van der Waals surface area contributed by atoms with Gasteiger partial charge in [0.25, 0.3) is 0 Å². The van der Waals surface area contributed by atoms with E-state index in [0.717, 1.165) is 6.42 Å². The van der Waals surface area contributed by atoms with E-state index in [-0.39, 0.29) is 42.2 Å². The molecule has 0 saturated heterocycles. The molecule has 168 valence electrons. The predicted octanol–water partition coefficient (Wildman–Crippen LogP) is 4.61. The number of likely N-dealkylation sites (N-methyl/N-ethyl adjacent to an activating group) is 1. The zero-order valence-electron chi connectivity index (χ0n) is 18.9. The summed E-state index contributed by atoms with van der Waals surface area (Å²) in [5.41, 5.74) is 9.15. The Kier molecular flexibility index (Phi) is 10.8. The molecule has 0 N–H and O–H groups in total. The van der Waals surface area contributed by atoms with Crippen molar-refractivity contribution < 1.29 is 19.1 Å². The highest BCUT2D eigenvalue weighted by atomic mass is 32.1. The molecule has 1 heterocycles. The van der Waals surface area contributed by atoms with Crippen LogP contribution in [0.25, 0.3) is 10.4 Å². The molecule has 1 aromatic rings. The molecule has 0 radical (unpaired) electrons. The number of aromatic nitrogens is 1. The van der Waals surface area contributed by atoms with Crippen LogP contribution in [0.4, 0.5) is 0 Å². The lowest BCUT2D eigenvalue weighted by Crippen LogP contribution is -2.47. The van der Waals surface area contributed by atoms with Crippen molar-refractivity contribution in [1.29, 1.82) is 0 Å². The van der Waals surface area contributed by atoms with Gasteiger partial charge in [0.15, 0.2) is 5.69 Å². The number of nitrogens with zero attached hydrogens (tertiary/aromatic N) is 5. The van der Waals surface area contributed by atoms with Crippen molar-refractivity contribution in [3.8, 4) is 0 Å². The summed E-state index contributed by atoms with van der Waals surface area (Å²) >= 11 is 1.33. The van der Waals surface area contributed by atoms with Gasteiger partial charge in [-0.25, -0.2) is 9.78 Å². The van der Waals surface area contributed by atoms with Crippen LogP contribution in [0.5, 0.6) is 0 Å². The fraction of sp³-hybridized carbons (Fsp3) is 0.750. The number of amides is 1. The zero-order valence-corrected chi connectivity index (χ0v) is 19.7. The van der Waals surface area contributed by atoms with Gasteiger partial charge in [0, 0.05) is 36.9 Å². The third-order valence-electron chi connectivity index (χ3n) is 5.25. The van der Waals surface area contributed by atoms with Crippen LogP contribution >= 0.6 is 11.3 Å². The second-order valence-electron chi connectivity index (χ2n) is 7.55. The minimum absolute atomic E-state index is 0.0621. The summed E-state index contributed by atoms with van der Waals surface area (Å²) in [5.74, 6) is -0.604. The quantitative estimate of drug-likeness (QED) is 0.204. The first kappa shape index (κ1) is 25.9. The Morgan fingerprint density at radius 2 is 2.00 bits per heavy atom. The predicted molar refractivity (Wildman–Crippen MR) is 116 cm³/mol. The Morgan fingerprint density at radius 1 is 1.33 bits per heavy atom. The fourth-order valence-corrected chi connectivity index (χ4v) is 4.06. The third-order valence-corrected chi connectivity index (χ3v) is 6.19. The Balaban J connectivity index is 3.07. The Labute approximate surface area is 182 Å². The standard InChI is InChI=1S/C20H33N5O4S/c1-8-13(5)17(23-24-21)19(26)25(6)15(12(3)4)10-16(28-7)18-22-14(11-30-18)20(27)29-9-2/h11-13,15-17H,8-10H2,1-7H3/t13-,15+,16+,17-/m0/s1. The maximum absolute atomic E-state index is 13.1. The molecular formula is C20H33N5O4S.